The molecule has 140 valence electrons. The highest BCUT2D eigenvalue weighted by molar-refractivity contribution is 5.98. The van der Waals surface area contributed by atoms with E-state index < -0.39 is 11.7 Å². The lowest BCUT2D eigenvalue weighted by Gasteiger charge is -2.62. The van der Waals surface area contributed by atoms with Crippen molar-refractivity contribution in [2.24, 2.45) is 23.2 Å². The van der Waals surface area contributed by atoms with Crippen molar-refractivity contribution in [3.63, 3.8) is 0 Å². The molecule has 2 bridgehead atoms. The molecular weight excluding hydrogens is 343 g/mol. The molecule has 7 heteroatoms. The van der Waals surface area contributed by atoms with E-state index in [2.05, 4.69) is 36.1 Å². The number of halogens is 3. The Balaban J connectivity index is 1.56. The summed E-state index contributed by atoms with van der Waals surface area (Å²) in [5.74, 6) is 1.18. The van der Waals surface area contributed by atoms with Crippen LogP contribution in [0.1, 0.15) is 49.7 Å². The Hall–Kier alpha value is -2.05. The number of pyridine rings is 1. The molecule has 1 amide bonds. The molecular formula is C19H22F3N3O. The van der Waals surface area contributed by atoms with Crippen LogP contribution in [0, 0.1) is 23.2 Å². The molecule has 0 radical (unpaired) electrons. The first-order valence-electron chi connectivity index (χ1n) is 8.94. The maximum absolute atomic E-state index is 13.1. The largest absolute Gasteiger partial charge is 0.418 e. The van der Waals surface area contributed by atoms with Gasteiger partial charge in [0, 0.05) is 17.6 Å². The Labute approximate surface area is 149 Å². The van der Waals surface area contributed by atoms with Crippen LogP contribution in [0.4, 0.5) is 13.2 Å². The number of aromatic amines is 1. The van der Waals surface area contributed by atoms with E-state index in [0.717, 1.165) is 12.6 Å². The van der Waals surface area contributed by atoms with E-state index in [-0.39, 0.29) is 28.5 Å². The summed E-state index contributed by atoms with van der Waals surface area (Å²) < 4.78 is 39.4. The fourth-order valence-electron chi connectivity index (χ4n) is 4.99. The predicted octanol–water partition coefficient (Wildman–Crippen LogP) is 4.38. The molecule has 2 aromatic heterocycles. The third kappa shape index (κ3) is 2.51. The van der Waals surface area contributed by atoms with Crippen LogP contribution in [0.3, 0.4) is 0 Å². The van der Waals surface area contributed by atoms with Gasteiger partial charge < -0.3 is 10.3 Å². The molecule has 0 unspecified atom stereocenters. The van der Waals surface area contributed by atoms with Gasteiger partial charge in [-0.25, -0.2) is 0 Å². The van der Waals surface area contributed by atoms with Crippen LogP contribution in [-0.2, 0) is 6.18 Å². The van der Waals surface area contributed by atoms with E-state index in [9.17, 15) is 18.0 Å². The number of H-pyrrole nitrogens is 1. The van der Waals surface area contributed by atoms with Crippen molar-refractivity contribution in [1.29, 1.82) is 0 Å². The summed E-state index contributed by atoms with van der Waals surface area (Å²) in [5, 5.41) is 3.00. The molecule has 0 saturated heterocycles. The number of hydrogen-bond donors (Lipinski definition) is 2. The van der Waals surface area contributed by atoms with E-state index in [4.69, 9.17) is 0 Å². The van der Waals surface area contributed by atoms with Gasteiger partial charge in [-0.1, -0.05) is 20.8 Å². The standard InChI is InChI=1S/C19H22F3N3O/c1-9-12-4-10(18(12,2)3)5-14(9)25-17(26)15-6-11-13(19(20,21)22)7-23-8-16(11)24-15/h6-10,12,14,24H,4-5H2,1-3H3,(H,25,26)/t9-,10+,12-,14-/m0/s1. The van der Waals surface area contributed by atoms with Crippen molar-refractivity contribution in [2.45, 2.75) is 45.8 Å². The first kappa shape index (κ1) is 17.4. The molecule has 3 saturated carbocycles. The molecule has 4 nitrogen and oxygen atoms in total. The van der Waals surface area contributed by atoms with Gasteiger partial charge in [0.25, 0.3) is 5.91 Å². The zero-order chi connectivity index (χ0) is 18.9. The minimum absolute atomic E-state index is 0.0293. The van der Waals surface area contributed by atoms with Crippen molar-refractivity contribution < 1.29 is 18.0 Å². The van der Waals surface area contributed by atoms with Crippen molar-refractivity contribution >= 4 is 16.8 Å². The SMILES string of the molecule is C[C@@H]1[C@@H](NC(=O)c2cc3c(C(F)(F)F)cncc3[nH]2)C[C@H]2C[C@@H]1C2(C)C. The predicted molar refractivity (Wildman–Crippen MR) is 91.5 cm³/mol. The highest BCUT2D eigenvalue weighted by Gasteiger charge is 2.56. The smallest absolute Gasteiger partial charge is 0.349 e. The van der Waals surface area contributed by atoms with E-state index in [0.29, 0.717) is 23.2 Å². The van der Waals surface area contributed by atoms with Crippen molar-refractivity contribution in [3.8, 4) is 0 Å². The van der Waals surface area contributed by atoms with Crippen LogP contribution in [-0.4, -0.2) is 21.9 Å². The molecule has 0 aromatic carbocycles. The second-order valence-electron chi connectivity index (χ2n) is 8.36. The van der Waals surface area contributed by atoms with E-state index in [1.165, 1.54) is 18.7 Å². The third-order valence-corrected chi connectivity index (χ3v) is 6.77. The Morgan fingerprint density at radius 3 is 2.65 bits per heavy atom. The number of alkyl halides is 3. The first-order chi connectivity index (χ1) is 12.1. The minimum atomic E-state index is -4.51. The fraction of sp³-hybridized carbons (Fsp3) is 0.579. The monoisotopic (exact) mass is 365 g/mol. The van der Waals surface area contributed by atoms with Gasteiger partial charge in [-0.15, -0.1) is 0 Å². The second kappa shape index (κ2) is 5.47. The number of aromatic nitrogens is 2. The first-order valence-corrected chi connectivity index (χ1v) is 8.94. The minimum Gasteiger partial charge on any atom is -0.349 e. The zero-order valence-corrected chi connectivity index (χ0v) is 14.9. The molecule has 2 N–H and O–H groups in total. The summed E-state index contributed by atoms with van der Waals surface area (Å²) in [6.07, 6.45) is -0.286. The number of nitrogens with zero attached hydrogens (tertiary/aromatic N) is 1. The Kier molecular flexibility index (Phi) is 3.66. The topological polar surface area (TPSA) is 57.8 Å². The van der Waals surface area contributed by atoms with Crippen LogP contribution >= 0.6 is 0 Å². The fourth-order valence-corrected chi connectivity index (χ4v) is 4.99. The van der Waals surface area contributed by atoms with Gasteiger partial charge in [0.05, 0.1) is 17.3 Å². The van der Waals surface area contributed by atoms with Crippen LogP contribution in [0.15, 0.2) is 18.5 Å². The van der Waals surface area contributed by atoms with Gasteiger partial charge in [-0.2, -0.15) is 13.2 Å². The van der Waals surface area contributed by atoms with Gasteiger partial charge in [0.15, 0.2) is 0 Å². The quantitative estimate of drug-likeness (QED) is 0.830. The van der Waals surface area contributed by atoms with Crippen LogP contribution in [0.5, 0.6) is 0 Å². The number of amides is 1. The van der Waals surface area contributed by atoms with Crippen LogP contribution in [0.2, 0.25) is 0 Å². The molecule has 4 atom stereocenters. The normalized spacial score (nSPS) is 30.1. The van der Waals surface area contributed by atoms with Gasteiger partial charge in [-0.3, -0.25) is 9.78 Å². The molecule has 3 aliphatic carbocycles. The zero-order valence-electron chi connectivity index (χ0n) is 14.9. The number of nitrogens with one attached hydrogen (secondary N) is 2. The highest BCUT2D eigenvalue weighted by atomic mass is 19.4. The lowest BCUT2D eigenvalue weighted by Crippen LogP contribution is -2.60. The summed E-state index contributed by atoms with van der Waals surface area (Å²) in [6.45, 7) is 6.72. The third-order valence-electron chi connectivity index (χ3n) is 6.77. The molecule has 0 aliphatic heterocycles. The molecule has 0 spiro atoms. The maximum Gasteiger partial charge on any atom is 0.418 e. The summed E-state index contributed by atoms with van der Waals surface area (Å²) in [6, 6.07) is 1.33. The van der Waals surface area contributed by atoms with E-state index in [1.807, 2.05) is 0 Å². The molecule has 5 rings (SSSR count). The van der Waals surface area contributed by atoms with Crippen molar-refractivity contribution in [1.82, 2.24) is 15.3 Å². The second-order valence-corrected chi connectivity index (χ2v) is 8.36. The molecule has 3 fully saturated rings. The highest BCUT2D eigenvalue weighted by Crippen LogP contribution is 2.61. The number of carbonyl (C=O) groups is 1. The van der Waals surface area contributed by atoms with Gasteiger partial charge >= 0.3 is 6.18 Å². The number of fused-ring (bicyclic) bond motifs is 3. The number of rotatable bonds is 2. The van der Waals surface area contributed by atoms with Crippen molar-refractivity contribution in [2.75, 3.05) is 0 Å². The number of carbonyl (C=O) groups excluding carboxylic acids is 1. The maximum atomic E-state index is 13.1. The summed E-state index contributed by atoms with van der Waals surface area (Å²) in [7, 11) is 0. The molecule has 2 aromatic rings. The molecule has 2 heterocycles. The lowest BCUT2D eigenvalue weighted by atomic mass is 9.45. The van der Waals surface area contributed by atoms with Crippen LogP contribution in [0.25, 0.3) is 10.9 Å². The van der Waals surface area contributed by atoms with E-state index >= 15 is 0 Å². The Morgan fingerprint density at radius 2 is 2.04 bits per heavy atom. The van der Waals surface area contributed by atoms with Crippen molar-refractivity contribution in [3.05, 3.63) is 29.7 Å². The Morgan fingerprint density at radius 1 is 1.31 bits per heavy atom. The average molecular weight is 365 g/mol. The van der Waals surface area contributed by atoms with Gasteiger partial charge in [0.1, 0.15) is 5.69 Å². The lowest BCUT2D eigenvalue weighted by molar-refractivity contribution is -0.136. The summed E-state index contributed by atoms with van der Waals surface area (Å²) in [4.78, 5) is 19.0. The van der Waals surface area contributed by atoms with E-state index in [1.54, 1.807) is 0 Å². The van der Waals surface area contributed by atoms with Gasteiger partial charge in [0.2, 0.25) is 0 Å². The average Bonchev–Trinajstić information content (AvgIpc) is 2.99. The summed E-state index contributed by atoms with van der Waals surface area (Å²) >= 11 is 0. The summed E-state index contributed by atoms with van der Waals surface area (Å²) in [5.41, 5.74) is -0.163. The Bertz CT molecular complexity index is 871. The van der Waals surface area contributed by atoms with Gasteiger partial charge in [-0.05, 0) is 42.1 Å². The molecule has 26 heavy (non-hydrogen) atoms. The number of hydrogen-bond acceptors (Lipinski definition) is 2. The molecule has 3 aliphatic rings. The van der Waals surface area contributed by atoms with Crippen LogP contribution < -0.4 is 5.32 Å².